The first kappa shape index (κ1) is 17.0. The molecule has 0 atom stereocenters. The Morgan fingerprint density at radius 2 is 1.88 bits per heavy atom. The van der Waals surface area contributed by atoms with Crippen molar-refractivity contribution < 1.29 is 14.5 Å². The molecule has 0 spiro atoms. The molecule has 0 amide bonds. The smallest absolute Gasteiger partial charge is 0.311 e. The molecule has 0 saturated carbocycles. The van der Waals surface area contributed by atoms with E-state index in [0.29, 0.717) is 10.6 Å². The first-order valence-corrected chi connectivity index (χ1v) is 8.48. The molecule has 128 valence electrons. The van der Waals surface area contributed by atoms with Crippen molar-refractivity contribution in [3.05, 3.63) is 69.2 Å². The second kappa shape index (κ2) is 6.60. The fourth-order valence-corrected chi connectivity index (χ4v) is 3.49. The highest BCUT2D eigenvalue weighted by Gasteiger charge is 2.30. The molecule has 3 rings (SSSR count). The lowest BCUT2D eigenvalue weighted by molar-refractivity contribution is -0.385. The van der Waals surface area contributed by atoms with Crippen LogP contribution >= 0.6 is 11.3 Å². The van der Waals surface area contributed by atoms with Crippen LogP contribution in [0.1, 0.15) is 24.4 Å². The number of nitro benzene ring substituents is 1. The summed E-state index contributed by atoms with van der Waals surface area (Å²) < 4.78 is 6.59. The summed E-state index contributed by atoms with van der Waals surface area (Å²) in [6.07, 6.45) is -0.161. The molecular weight excluding hydrogens is 340 g/mol. The van der Waals surface area contributed by atoms with Crippen LogP contribution in [0.3, 0.4) is 0 Å². The van der Waals surface area contributed by atoms with Crippen LogP contribution in [0, 0.1) is 10.1 Å². The maximum absolute atomic E-state index is 12.3. The summed E-state index contributed by atoms with van der Waals surface area (Å²) in [5.74, 6) is -0.529. The predicted octanol–water partition coefficient (Wildman–Crippen LogP) is 4.23. The SMILES string of the molecule is CC(C)(OC(=O)Cc1ccccc1[N+](=O)[O-])c1nc2ccccc2s1. The van der Waals surface area contributed by atoms with Crippen molar-refractivity contribution in [2.24, 2.45) is 0 Å². The van der Waals surface area contributed by atoms with E-state index in [0.717, 1.165) is 10.2 Å². The van der Waals surface area contributed by atoms with Gasteiger partial charge in [0.2, 0.25) is 0 Å². The average Bonchev–Trinajstić information content (AvgIpc) is 2.99. The van der Waals surface area contributed by atoms with E-state index in [2.05, 4.69) is 4.98 Å². The minimum Gasteiger partial charge on any atom is -0.452 e. The molecule has 0 bridgehead atoms. The Morgan fingerprint density at radius 3 is 2.60 bits per heavy atom. The summed E-state index contributed by atoms with van der Waals surface area (Å²) >= 11 is 1.46. The van der Waals surface area contributed by atoms with Crippen LogP contribution in [0.15, 0.2) is 48.5 Å². The zero-order valence-corrected chi connectivity index (χ0v) is 14.6. The van der Waals surface area contributed by atoms with Crippen molar-refractivity contribution in [2.75, 3.05) is 0 Å². The van der Waals surface area contributed by atoms with E-state index in [-0.39, 0.29) is 12.1 Å². The van der Waals surface area contributed by atoms with Crippen LogP contribution in [-0.4, -0.2) is 15.9 Å². The molecule has 1 heterocycles. The zero-order valence-electron chi connectivity index (χ0n) is 13.8. The Kier molecular flexibility index (Phi) is 4.50. The number of aromatic nitrogens is 1. The molecule has 1 aromatic heterocycles. The number of fused-ring (bicyclic) bond motifs is 1. The largest absolute Gasteiger partial charge is 0.452 e. The summed E-state index contributed by atoms with van der Waals surface area (Å²) in [5, 5.41) is 11.7. The van der Waals surface area contributed by atoms with Crippen LogP contribution in [0.25, 0.3) is 10.2 Å². The van der Waals surface area contributed by atoms with E-state index >= 15 is 0 Å². The Labute approximate surface area is 148 Å². The monoisotopic (exact) mass is 356 g/mol. The van der Waals surface area contributed by atoms with E-state index in [4.69, 9.17) is 4.74 Å². The van der Waals surface area contributed by atoms with E-state index in [9.17, 15) is 14.9 Å². The first-order chi connectivity index (χ1) is 11.9. The normalized spacial score (nSPS) is 11.4. The molecule has 0 N–H and O–H groups in total. The van der Waals surface area contributed by atoms with Gasteiger partial charge in [0.25, 0.3) is 5.69 Å². The topological polar surface area (TPSA) is 82.3 Å². The Hall–Kier alpha value is -2.80. The van der Waals surface area contributed by atoms with Gasteiger partial charge in [-0.05, 0) is 26.0 Å². The molecule has 0 aliphatic carbocycles. The lowest BCUT2D eigenvalue weighted by Crippen LogP contribution is -2.26. The highest BCUT2D eigenvalue weighted by molar-refractivity contribution is 7.18. The minimum absolute atomic E-state index is 0.0859. The van der Waals surface area contributed by atoms with Gasteiger partial charge in [0.1, 0.15) is 5.01 Å². The predicted molar refractivity (Wildman–Crippen MR) is 95.5 cm³/mol. The lowest BCUT2D eigenvalue weighted by atomic mass is 10.1. The number of carbonyl (C=O) groups excluding carboxylic acids is 1. The third-order valence-corrected chi connectivity index (χ3v) is 5.04. The molecule has 0 fully saturated rings. The second-order valence-corrected chi connectivity index (χ2v) is 7.06. The number of nitro groups is 1. The van der Waals surface area contributed by atoms with Gasteiger partial charge in [-0.2, -0.15) is 0 Å². The fourth-order valence-electron chi connectivity index (χ4n) is 2.49. The number of benzene rings is 2. The van der Waals surface area contributed by atoms with Crippen molar-refractivity contribution in [1.82, 2.24) is 4.98 Å². The number of thiazole rings is 1. The summed E-state index contributed by atoms with van der Waals surface area (Å²) in [6, 6.07) is 13.9. The highest BCUT2D eigenvalue weighted by atomic mass is 32.1. The van der Waals surface area contributed by atoms with Crippen LogP contribution in [0.4, 0.5) is 5.69 Å². The summed E-state index contributed by atoms with van der Waals surface area (Å²) in [4.78, 5) is 27.4. The van der Waals surface area contributed by atoms with Gasteiger partial charge in [-0.25, -0.2) is 4.98 Å². The molecule has 25 heavy (non-hydrogen) atoms. The summed E-state index contributed by atoms with van der Waals surface area (Å²) in [7, 11) is 0. The molecule has 7 heteroatoms. The van der Waals surface area contributed by atoms with Gasteiger partial charge in [-0.1, -0.05) is 30.3 Å². The number of rotatable bonds is 5. The number of ether oxygens (including phenoxy) is 1. The van der Waals surface area contributed by atoms with E-state index in [1.165, 1.54) is 17.4 Å². The van der Waals surface area contributed by atoms with E-state index in [1.54, 1.807) is 32.0 Å². The number of hydrogen-bond donors (Lipinski definition) is 0. The Balaban J connectivity index is 1.79. The minimum atomic E-state index is -0.912. The highest BCUT2D eigenvalue weighted by Crippen LogP contribution is 2.33. The molecule has 0 aliphatic rings. The Morgan fingerprint density at radius 1 is 1.20 bits per heavy atom. The molecule has 0 saturated heterocycles. The molecule has 0 aliphatic heterocycles. The van der Waals surface area contributed by atoms with Gasteiger partial charge in [0, 0.05) is 11.6 Å². The lowest BCUT2D eigenvalue weighted by Gasteiger charge is -2.22. The average molecular weight is 356 g/mol. The van der Waals surface area contributed by atoms with Crippen molar-refractivity contribution in [3.63, 3.8) is 0 Å². The molecule has 6 nitrogen and oxygen atoms in total. The van der Waals surface area contributed by atoms with Gasteiger partial charge in [0.05, 0.1) is 21.6 Å². The fraction of sp³-hybridized carbons (Fsp3) is 0.222. The number of para-hydroxylation sites is 2. The summed E-state index contributed by atoms with van der Waals surface area (Å²) in [6.45, 7) is 3.53. The van der Waals surface area contributed by atoms with Crippen LogP contribution < -0.4 is 0 Å². The number of carbonyl (C=O) groups is 1. The van der Waals surface area contributed by atoms with Crippen molar-refractivity contribution >= 4 is 33.2 Å². The maximum atomic E-state index is 12.3. The van der Waals surface area contributed by atoms with Crippen molar-refractivity contribution in [1.29, 1.82) is 0 Å². The molecule has 0 radical (unpaired) electrons. The molecule has 2 aromatic carbocycles. The van der Waals surface area contributed by atoms with E-state index < -0.39 is 16.5 Å². The van der Waals surface area contributed by atoms with Gasteiger partial charge < -0.3 is 4.74 Å². The van der Waals surface area contributed by atoms with Gasteiger partial charge in [0.15, 0.2) is 5.60 Å². The van der Waals surface area contributed by atoms with Crippen molar-refractivity contribution in [2.45, 2.75) is 25.9 Å². The third kappa shape index (κ3) is 3.66. The quantitative estimate of drug-likeness (QED) is 0.388. The van der Waals surface area contributed by atoms with Crippen molar-refractivity contribution in [3.8, 4) is 0 Å². The standard InChI is InChI=1S/C18H16N2O4S/c1-18(2,17-19-13-8-4-6-10-15(13)25-17)24-16(21)11-12-7-3-5-9-14(12)20(22)23/h3-10H,11H2,1-2H3. The van der Waals surface area contributed by atoms with Gasteiger partial charge in [-0.15, -0.1) is 11.3 Å². The van der Waals surface area contributed by atoms with Gasteiger partial charge >= 0.3 is 5.97 Å². The van der Waals surface area contributed by atoms with Gasteiger partial charge in [-0.3, -0.25) is 14.9 Å². The third-order valence-electron chi connectivity index (χ3n) is 3.70. The number of nitrogens with zero attached hydrogens (tertiary/aromatic N) is 2. The molecule has 3 aromatic rings. The van der Waals surface area contributed by atoms with Crippen LogP contribution in [-0.2, 0) is 21.6 Å². The summed E-state index contributed by atoms with van der Waals surface area (Å²) in [5.41, 5.74) is 0.185. The van der Waals surface area contributed by atoms with Crippen LogP contribution in [0.5, 0.6) is 0 Å². The molecule has 0 unspecified atom stereocenters. The van der Waals surface area contributed by atoms with E-state index in [1.807, 2.05) is 24.3 Å². The zero-order chi connectivity index (χ0) is 18.0. The second-order valence-electron chi connectivity index (χ2n) is 6.03. The maximum Gasteiger partial charge on any atom is 0.311 e. The molecular formula is C18H16N2O4S. The number of esters is 1. The Bertz CT molecular complexity index is 916. The first-order valence-electron chi connectivity index (χ1n) is 7.67. The number of hydrogen-bond acceptors (Lipinski definition) is 6. The van der Waals surface area contributed by atoms with Crippen LogP contribution in [0.2, 0.25) is 0 Å².